The van der Waals surface area contributed by atoms with Crippen molar-refractivity contribution in [2.24, 2.45) is 0 Å². The van der Waals surface area contributed by atoms with Crippen molar-refractivity contribution in [3.63, 3.8) is 0 Å². The maximum absolute atomic E-state index is 12.3. The molecule has 0 fully saturated rings. The van der Waals surface area contributed by atoms with Gasteiger partial charge in [-0.25, -0.2) is 0 Å². The molecule has 0 saturated carbocycles. The first-order chi connectivity index (χ1) is 12.2. The van der Waals surface area contributed by atoms with Crippen LogP contribution in [0, 0.1) is 0 Å². The van der Waals surface area contributed by atoms with Crippen molar-refractivity contribution in [1.29, 1.82) is 0 Å². The summed E-state index contributed by atoms with van der Waals surface area (Å²) in [6, 6.07) is 15.0. The van der Waals surface area contributed by atoms with Crippen LogP contribution in [0.25, 0.3) is 11.1 Å². The van der Waals surface area contributed by atoms with Gasteiger partial charge in [0.25, 0.3) is 0 Å². The number of methoxy groups -OCH3 is 1. The summed E-state index contributed by atoms with van der Waals surface area (Å²) in [6.07, 6.45) is 0.388. The van der Waals surface area contributed by atoms with Gasteiger partial charge in [-0.15, -0.1) is 11.3 Å². The van der Waals surface area contributed by atoms with Crippen LogP contribution in [-0.2, 0) is 4.79 Å². The zero-order valence-corrected chi connectivity index (χ0v) is 14.5. The van der Waals surface area contributed by atoms with Crippen molar-refractivity contribution in [2.75, 3.05) is 12.4 Å². The summed E-state index contributed by atoms with van der Waals surface area (Å²) < 4.78 is 5.21. The Bertz CT molecular complexity index is 930. The van der Waals surface area contributed by atoms with Crippen LogP contribution >= 0.6 is 11.3 Å². The van der Waals surface area contributed by atoms with Crippen molar-refractivity contribution in [3.05, 3.63) is 64.4 Å². The Morgan fingerprint density at radius 3 is 2.72 bits per heavy atom. The van der Waals surface area contributed by atoms with Crippen LogP contribution in [0.2, 0.25) is 0 Å². The smallest absolute Gasteiger partial charge is 0.225 e. The second-order valence-electron chi connectivity index (χ2n) is 6.02. The van der Waals surface area contributed by atoms with E-state index in [2.05, 4.69) is 10.7 Å². The fourth-order valence-corrected chi connectivity index (χ4v) is 4.38. The largest absolute Gasteiger partial charge is 0.508 e. The topological polar surface area (TPSA) is 58.6 Å². The van der Waals surface area contributed by atoms with Crippen LogP contribution in [0.3, 0.4) is 0 Å². The second-order valence-corrected chi connectivity index (χ2v) is 6.93. The maximum Gasteiger partial charge on any atom is 0.225 e. The van der Waals surface area contributed by atoms with Crippen molar-refractivity contribution in [2.45, 2.75) is 12.3 Å². The van der Waals surface area contributed by atoms with Crippen molar-refractivity contribution in [3.8, 4) is 22.6 Å². The van der Waals surface area contributed by atoms with E-state index in [9.17, 15) is 9.90 Å². The molecule has 0 radical (unpaired) electrons. The molecule has 3 aromatic rings. The normalized spacial score (nSPS) is 16.2. The summed E-state index contributed by atoms with van der Waals surface area (Å²) in [6.45, 7) is 0. The first-order valence-corrected chi connectivity index (χ1v) is 8.88. The van der Waals surface area contributed by atoms with Gasteiger partial charge < -0.3 is 15.2 Å². The van der Waals surface area contributed by atoms with E-state index in [1.165, 1.54) is 0 Å². The van der Waals surface area contributed by atoms with Crippen LogP contribution in [0.5, 0.6) is 11.5 Å². The predicted molar refractivity (Wildman–Crippen MR) is 99.5 cm³/mol. The fourth-order valence-electron chi connectivity index (χ4n) is 3.22. The highest BCUT2D eigenvalue weighted by atomic mass is 32.1. The number of thiophene rings is 1. The van der Waals surface area contributed by atoms with E-state index in [0.717, 1.165) is 33.0 Å². The highest BCUT2D eigenvalue weighted by molar-refractivity contribution is 7.11. The van der Waals surface area contributed by atoms with Crippen molar-refractivity contribution in [1.82, 2.24) is 0 Å². The molecule has 2 N–H and O–H groups in total. The molecule has 1 aliphatic rings. The van der Waals surface area contributed by atoms with Gasteiger partial charge in [0.15, 0.2) is 0 Å². The van der Waals surface area contributed by atoms with E-state index >= 15 is 0 Å². The van der Waals surface area contributed by atoms with E-state index in [1.54, 1.807) is 30.6 Å². The van der Waals surface area contributed by atoms with Gasteiger partial charge in [-0.3, -0.25) is 4.79 Å². The molecule has 2 heterocycles. The number of hydrogen-bond acceptors (Lipinski definition) is 4. The summed E-state index contributed by atoms with van der Waals surface area (Å²) in [5, 5.41) is 14.9. The molecule has 4 rings (SSSR count). The van der Waals surface area contributed by atoms with Gasteiger partial charge in [-0.2, -0.15) is 0 Å². The predicted octanol–water partition coefficient (Wildman–Crippen LogP) is 4.60. The molecule has 1 aliphatic heterocycles. The van der Waals surface area contributed by atoms with Crippen LogP contribution in [-0.4, -0.2) is 18.1 Å². The monoisotopic (exact) mass is 351 g/mol. The molecule has 5 heteroatoms. The van der Waals surface area contributed by atoms with Crippen LogP contribution in [0.1, 0.15) is 22.8 Å². The number of benzene rings is 2. The molecule has 0 spiro atoms. The highest BCUT2D eigenvalue weighted by Gasteiger charge is 2.30. The maximum atomic E-state index is 12.3. The number of ether oxygens (including phenoxy) is 1. The van der Waals surface area contributed by atoms with E-state index in [1.807, 2.05) is 36.4 Å². The van der Waals surface area contributed by atoms with E-state index in [4.69, 9.17) is 4.74 Å². The molecule has 0 aliphatic carbocycles. The molecule has 2 aromatic carbocycles. The second kappa shape index (κ2) is 6.26. The average molecular weight is 351 g/mol. The van der Waals surface area contributed by atoms with E-state index < -0.39 is 0 Å². The third kappa shape index (κ3) is 2.87. The van der Waals surface area contributed by atoms with Gasteiger partial charge in [-0.1, -0.05) is 24.3 Å². The van der Waals surface area contributed by atoms with Gasteiger partial charge in [0.1, 0.15) is 11.5 Å². The molecule has 0 unspecified atom stereocenters. The zero-order chi connectivity index (χ0) is 17.4. The molecule has 4 nitrogen and oxygen atoms in total. The Morgan fingerprint density at radius 1 is 1.20 bits per heavy atom. The average Bonchev–Trinajstić information content (AvgIpc) is 3.04. The summed E-state index contributed by atoms with van der Waals surface area (Å²) >= 11 is 1.64. The minimum absolute atomic E-state index is 0.00555. The SMILES string of the molecule is COc1ccc(-c2csc3c2NC(=O)C[C@H]3c2cccc(O)c2)cc1. The first kappa shape index (κ1) is 15.7. The minimum atomic E-state index is -0.0344. The summed E-state index contributed by atoms with van der Waals surface area (Å²) in [7, 11) is 1.64. The number of phenolic OH excluding ortho intramolecular Hbond substituents is 1. The zero-order valence-electron chi connectivity index (χ0n) is 13.7. The van der Waals surface area contributed by atoms with Gasteiger partial charge in [-0.05, 0) is 35.4 Å². The Balaban J connectivity index is 1.78. The number of aromatic hydroxyl groups is 1. The first-order valence-electron chi connectivity index (χ1n) is 8.00. The van der Waals surface area contributed by atoms with Crippen LogP contribution in [0.4, 0.5) is 5.69 Å². The Hall–Kier alpha value is -2.79. The Morgan fingerprint density at radius 2 is 2.00 bits per heavy atom. The van der Waals surface area contributed by atoms with Crippen LogP contribution in [0.15, 0.2) is 53.9 Å². The molecular formula is C20H17NO3S. The third-order valence-corrected chi connectivity index (χ3v) is 5.56. The third-order valence-electron chi connectivity index (χ3n) is 4.46. The summed E-state index contributed by atoms with van der Waals surface area (Å²) in [5.41, 5.74) is 3.88. The molecule has 0 saturated heterocycles. The molecular weight excluding hydrogens is 334 g/mol. The van der Waals surface area contributed by atoms with Crippen molar-refractivity contribution >= 4 is 22.9 Å². The quantitative estimate of drug-likeness (QED) is 0.725. The molecule has 126 valence electrons. The van der Waals surface area contributed by atoms with E-state index in [-0.39, 0.29) is 17.6 Å². The number of nitrogens with one attached hydrogen (secondary N) is 1. The fraction of sp³-hybridized carbons (Fsp3) is 0.150. The lowest BCUT2D eigenvalue weighted by Gasteiger charge is -2.24. The van der Waals surface area contributed by atoms with Gasteiger partial charge >= 0.3 is 0 Å². The number of carbonyl (C=O) groups is 1. The number of rotatable bonds is 3. The number of fused-ring (bicyclic) bond motifs is 1. The summed E-state index contributed by atoms with van der Waals surface area (Å²) in [5.74, 6) is 0.980. The number of carbonyl (C=O) groups excluding carboxylic acids is 1. The molecule has 1 atom stereocenters. The lowest BCUT2D eigenvalue weighted by atomic mass is 9.89. The number of amides is 1. The number of anilines is 1. The van der Waals surface area contributed by atoms with Gasteiger partial charge in [0.2, 0.25) is 5.91 Å². The van der Waals surface area contributed by atoms with Gasteiger partial charge in [0, 0.05) is 28.2 Å². The van der Waals surface area contributed by atoms with Crippen molar-refractivity contribution < 1.29 is 14.6 Å². The number of hydrogen-bond donors (Lipinski definition) is 2. The Kier molecular flexibility index (Phi) is 3.93. The molecule has 1 aromatic heterocycles. The number of phenols is 1. The lowest BCUT2D eigenvalue weighted by molar-refractivity contribution is -0.116. The highest BCUT2D eigenvalue weighted by Crippen LogP contribution is 2.46. The summed E-state index contributed by atoms with van der Waals surface area (Å²) in [4.78, 5) is 13.4. The standard InChI is InChI=1S/C20H17NO3S/c1-24-15-7-5-12(6-8-15)17-11-25-20-16(10-18(23)21-19(17)20)13-3-2-4-14(22)9-13/h2-9,11,16,22H,10H2,1H3,(H,21,23)/t16-/m0/s1. The minimum Gasteiger partial charge on any atom is -0.508 e. The van der Waals surface area contributed by atoms with Crippen LogP contribution < -0.4 is 10.1 Å². The molecule has 25 heavy (non-hydrogen) atoms. The van der Waals surface area contributed by atoms with Gasteiger partial charge in [0.05, 0.1) is 12.8 Å². The Labute approximate surface area is 149 Å². The van der Waals surface area contributed by atoms with E-state index in [0.29, 0.717) is 6.42 Å². The lowest BCUT2D eigenvalue weighted by Crippen LogP contribution is -2.22. The molecule has 1 amide bonds. The molecule has 0 bridgehead atoms.